The van der Waals surface area contributed by atoms with E-state index < -0.39 is 4.32 Å². The summed E-state index contributed by atoms with van der Waals surface area (Å²) < 4.78 is 5.19. The van der Waals surface area contributed by atoms with Crippen molar-refractivity contribution in [1.29, 1.82) is 0 Å². The highest BCUT2D eigenvalue weighted by molar-refractivity contribution is 9.10. The Hall–Kier alpha value is -0.0900. The second kappa shape index (κ2) is 3.49. The molecule has 14 heavy (non-hydrogen) atoms. The van der Waals surface area contributed by atoms with Gasteiger partial charge in [-0.15, -0.1) is 0 Å². The van der Waals surface area contributed by atoms with E-state index in [1.54, 1.807) is 0 Å². The molecule has 2 heterocycles. The van der Waals surface area contributed by atoms with Crippen LogP contribution in [-0.4, -0.2) is 28.5 Å². The Balaban J connectivity index is 1.90. The minimum atomic E-state index is -0.477. The molecular weight excluding hydrogens is 246 g/mol. The maximum atomic E-state index is 11.7. The van der Waals surface area contributed by atoms with Crippen LogP contribution in [0.2, 0.25) is 0 Å². The Morgan fingerprint density at radius 2 is 2.21 bits per heavy atom. The summed E-state index contributed by atoms with van der Waals surface area (Å²) in [4.78, 5) is 11.7. The molecule has 0 radical (unpaired) electrons. The van der Waals surface area contributed by atoms with Gasteiger partial charge in [-0.1, -0.05) is 15.9 Å². The van der Waals surface area contributed by atoms with Crippen molar-refractivity contribution in [2.24, 2.45) is 0 Å². The summed E-state index contributed by atoms with van der Waals surface area (Å²) in [5, 5.41) is 3.04. The van der Waals surface area contributed by atoms with Crippen LogP contribution in [0.3, 0.4) is 0 Å². The maximum absolute atomic E-state index is 11.7. The monoisotopic (exact) mass is 261 g/mol. The van der Waals surface area contributed by atoms with Gasteiger partial charge in [-0.25, -0.2) is 0 Å². The molecule has 2 aliphatic heterocycles. The Morgan fingerprint density at radius 3 is 2.64 bits per heavy atom. The minimum absolute atomic E-state index is 0.0543. The largest absolute Gasteiger partial charge is 0.373 e. The highest BCUT2D eigenvalue weighted by atomic mass is 79.9. The van der Waals surface area contributed by atoms with Crippen LogP contribution in [0, 0.1) is 0 Å². The van der Waals surface area contributed by atoms with Crippen LogP contribution >= 0.6 is 15.9 Å². The third-order valence-electron chi connectivity index (χ3n) is 2.96. The van der Waals surface area contributed by atoms with Crippen molar-refractivity contribution in [3.8, 4) is 0 Å². The molecule has 0 aliphatic carbocycles. The van der Waals surface area contributed by atoms with E-state index in [2.05, 4.69) is 21.2 Å². The van der Waals surface area contributed by atoms with E-state index in [0.29, 0.717) is 6.10 Å². The van der Waals surface area contributed by atoms with Crippen LogP contribution in [0.4, 0.5) is 0 Å². The Labute approximate surface area is 92.7 Å². The first-order chi connectivity index (χ1) is 6.47. The summed E-state index contributed by atoms with van der Waals surface area (Å²) in [6.45, 7) is 3.72. The van der Waals surface area contributed by atoms with E-state index in [1.165, 1.54) is 0 Å². The van der Waals surface area contributed by atoms with Crippen molar-refractivity contribution >= 4 is 21.8 Å². The maximum Gasteiger partial charge on any atom is 0.236 e. The van der Waals surface area contributed by atoms with Crippen LogP contribution in [0.15, 0.2) is 0 Å². The number of hydrogen-bond acceptors (Lipinski definition) is 2. The second-order valence-corrected chi connectivity index (χ2v) is 6.64. The lowest BCUT2D eigenvalue weighted by molar-refractivity contribution is -0.123. The van der Waals surface area contributed by atoms with E-state index in [4.69, 9.17) is 4.74 Å². The molecule has 2 bridgehead atoms. The predicted molar refractivity (Wildman–Crippen MR) is 57.4 cm³/mol. The van der Waals surface area contributed by atoms with Gasteiger partial charge in [0.05, 0.1) is 22.6 Å². The number of ether oxygens (including phenoxy) is 1. The fraction of sp³-hybridized carbons (Fsp3) is 0.900. The molecule has 3 nitrogen and oxygen atoms in total. The number of rotatable bonds is 2. The quantitative estimate of drug-likeness (QED) is 0.767. The van der Waals surface area contributed by atoms with Crippen LogP contribution in [0.1, 0.15) is 33.1 Å². The smallest absolute Gasteiger partial charge is 0.236 e. The molecule has 2 rings (SSSR count). The number of halogens is 1. The molecule has 2 aliphatic rings. The van der Waals surface area contributed by atoms with Crippen molar-refractivity contribution in [1.82, 2.24) is 5.32 Å². The molecule has 0 aromatic rings. The van der Waals surface area contributed by atoms with Crippen molar-refractivity contribution in [3.63, 3.8) is 0 Å². The molecule has 0 aromatic heterocycles. The Morgan fingerprint density at radius 1 is 1.50 bits per heavy atom. The third kappa shape index (κ3) is 1.96. The lowest BCUT2D eigenvalue weighted by Gasteiger charge is -2.24. The van der Waals surface area contributed by atoms with Crippen LogP contribution in [0.25, 0.3) is 0 Å². The molecule has 0 aromatic carbocycles. The average molecular weight is 262 g/mol. The van der Waals surface area contributed by atoms with E-state index >= 15 is 0 Å². The van der Waals surface area contributed by atoms with Gasteiger partial charge in [-0.05, 0) is 33.1 Å². The average Bonchev–Trinajstić information content (AvgIpc) is 2.62. The van der Waals surface area contributed by atoms with Crippen LogP contribution in [0.5, 0.6) is 0 Å². The molecule has 2 saturated heterocycles. The first-order valence-corrected chi connectivity index (χ1v) is 5.91. The van der Waals surface area contributed by atoms with E-state index in [9.17, 15) is 4.79 Å². The molecule has 3 unspecified atom stereocenters. The zero-order valence-corrected chi connectivity index (χ0v) is 10.1. The van der Waals surface area contributed by atoms with Crippen molar-refractivity contribution in [3.05, 3.63) is 0 Å². The van der Waals surface area contributed by atoms with Gasteiger partial charge < -0.3 is 10.1 Å². The molecule has 80 valence electrons. The summed E-state index contributed by atoms with van der Waals surface area (Å²) in [6.07, 6.45) is 3.90. The summed E-state index contributed by atoms with van der Waals surface area (Å²) in [5.74, 6) is 0.0543. The third-order valence-corrected chi connectivity index (χ3v) is 3.32. The minimum Gasteiger partial charge on any atom is -0.373 e. The molecule has 1 amide bonds. The molecule has 3 atom stereocenters. The lowest BCUT2D eigenvalue weighted by atomic mass is 9.95. The van der Waals surface area contributed by atoms with Gasteiger partial charge in [-0.3, -0.25) is 4.79 Å². The SMILES string of the molecule is CC(C)(Br)C(=O)NC1CC2CCC1O2. The number of carbonyl (C=O) groups is 1. The second-order valence-electron chi connectivity index (χ2n) is 4.66. The van der Waals surface area contributed by atoms with Gasteiger partial charge in [0, 0.05) is 0 Å². The van der Waals surface area contributed by atoms with Gasteiger partial charge in [0.2, 0.25) is 5.91 Å². The summed E-state index contributed by atoms with van der Waals surface area (Å²) in [6, 6.07) is 0.234. The van der Waals surface area contributed by atoms with Crippen LogP contribution in [-0.2, 0) is 9.53 Å². The Bertz CT molecular complexity index is 249. The van der Waals surface area contributed by atoms with Gasteiger partial charge in [0.25, 0.3) is 0 Å². The fourth-order valence-corrected chi connectivity index (χ4v) is 2.24. The lowest BCUT2D eigenvalue weighted by Crippen LogP contribution is -2.47. The molecule has 2 fully saturated rings. The zero-order valence-electron chi connectivity index (χ0n) is 8.55. The number of amides is 1. The van der Waals surface area contributed by atoms with E-state index in [1.807, 2.05) is 13.8 Å². The van der Waals surface area contributed by atoms with Gasteiger partial charge >= 0.3 is 0 Å². The fourth-order valence-electron chi connectivity index (χ4n) is 2.13. The van der Waals surface area contributed by atoms with Crippen LogP contribution < -0.4 is 5.32 Å². The zero-order chi connectivity index (χ0) is 10.3. The number of alkyl halides is 1. The van der Waals surface area contributed by atoms with Crippen molar-refractivity contribution in [2.45, 2.75) is 55.7 Å². The molecule has 0 saturated carbocycles. The molecule has 4 heteroatoms. The standard InChI is InChI=1S/C10H16BrNO2/c1-10(2,11)9(13)12-7-5-6-3-4-8(7)14-6/h6-8H,3-5H2,1-2H3,(H,12,13). The summed E-state index contributed by atoms with van der Waals surface area (Å²) in [5.41, 5.74) is 0. The molecular formula is C10H16BrNO2. The normalized spacial score (nSPS) is 36.1. The van der Waals surface area contributed by atoms with Gasteiger partial charge in [0.15, 0.2) is 0 Å². The van der Waals surface area contributed by atoms with E-state index in [-0.39, 0.29) is 18.1 Å². The first kappa shape index (κ1) is 10.4. The number of hydrogen-bond donors (Lipinski definition) is 1. The number of fused-ring (bicyclic) bond motifs is 2. The van der Waals surface area contributed by atoms with Gasteiger partial charge in [-0.2, -0.15) is 0 Å². The molecule has 0 spiro atoms. The highest BCUT2D eigenvalue weighted by Gasteiger charge is 2.42. The van der Waals surface area contributed by atoms with E-state index in [0.717, 1.165) is 19.3 Å². The first-order valence-electron chi connectivity index (χ1n) is 5.12. The van der Waals surface area contributed by atoms with Crippen molar-refractivity contribution in [2.75, 3.05) is 0 Å². The highest BCUT2D eigenvalue weighted by Crippen LogP contribution is 2.34. The summed E-state index contributed by atoms with van der Waals surface area (Å²) >= 11 is 3.35. The topological polar surface area (TPSA) is 38.3 Å². The number of carbonyl (C=O) groups excluding carboxylic acids is 1. The van der Waals surface area contributed by atoms with Gasteiger partial charge in [0.1, 0.15) is 0 Å². The molecule has 1 N–H and O–H groups in total. The summed E-state index contributed by atoms with van der Waals surface area (Å²) in [7, 11) is 0. The number of nitrogens with one attached hydrogen (secondary N) is 1. The Kier molecular flexibility index (Phi) is 2.60. The predicted octanol–water partition coefficient (Wildman–Crippen LogP) is 1.60. The van der Waals surface area contributed by atoms with Crippen molar-refractivity contribution < 1.29 is 9.53 Å².